The molecule has 0 aromatic heterocycles. The zero-order chi connectivity index (χ0) is 13.0. The Labute approximate surface area is 107 Å². The van der Waals surface area contributed by atoms with Gasteiger partial charge in [0.1, 0.15) is 12.4 Å². The van der Waals surface area contributed by atoms with Crippen LogP contribution in [0.5, 0.6) is 5.75 Å². The summed E-state index contributed by atoms with van der Waals surface area (Å²) in [6.45, 7) is 3.72. The monoisotopic (exact) mass is 240 g/mol. The van der Waals surface area contributed by atoms with Gasteiger partial charge in [-0.3, -0.25) is 4.79 Å². The van der Waals surface area contributed by atoms with Crippen LogP contribution in [0.3, 0.4) is 0 Å². The van der Waals surface area contributed by atoms with Crippen LogP contribution in [0.1, 0.15) is 12.5 Å². The minimum atomic E-state index is 0.0257. The van der Waals surface area contributed by atoms with E-state index in [0.717, 1.165) is 11.3 Å². The number of hydrogen-bond donors (Lipinski definition) is 0. The average Bonchev–Trinajstić information content (AvgIpc) is 2.37. The van der Waals surface area contributed by atoms with Crippen LogP contribution in [0.4, 0.5) is 0 Å². The molecule has 92 valence electrons. The first-order chi connectivity index (χ1) is 8.65. The summed E-state index contributed by atoms with van der Waals surface area (Å²) < 4.78 is 5.33. The van der Waals surface area contributed by atoms with Gasteiger partial charge in [0.2, 0.25) is 0 Å². The lowest BCUT2D eigenvalue weighted by molar-refractivity contribution is -0.118. The standard InChI is InChI=1S/C16H16O2/c1-12-4-3-5-15(10-12)14-6-8-16(9-7-14)18-11-13(2)17/h3-10H,11H2,1-2H3. The van der Waals surface area contributed by atoms with Gasteiger partial charge >= 0.3 is 0 Å². The zero-order valence-corrected chi connectivity index (χ0v) is 10.6. The largest absolute Gasteiger partial charge is 0.486 e. The summed E-state index contributed by atoms with van der Waals surface area (Å²) in [5.74, 6) is 0.749. The fraction of sp³-hybridized carbons (Fsp3) is 0.188. The van der Waals surface area contributed by atoms with Crippen molar-refractivity contribution in [1.29, 1.82) is 0 Å². The number of ketones is 1. The smallest absolute Gasteiger partial charge is 0.167 e. The summed E-state index contributed by atoms with van der Waals surface area (Å²) in [6.07, 6.45) is 0. The molecule has 2 aromatic rings. The van der Waals surface area contributed by atoms with E-state index < -0.39 is 0 Å². The van der Waals surface area contributed by atoms with Gasteiger partial charge in [0.05, 0.1) is 0 Å². The zero-order valence-electron chi connectivity index (χ0n) is 10.6. The SMILES string of the molecule is CC(=O)COc1ccc(-c2cccc(C)c2)cc1. The number of benzene rings is 2. The van der Waals surface area contributed by atoms with Crippen molar-refractivity contribution in [1.82, 2.24) is 0 Å². The van der Waals surface area contributed by atoms with Crippen molar-refractivity contribution in [3.63, 3.8) is 0 Å². The van der Waals surface area contributed by atoms with Gasteiger partial charge in [-0.05, 0) is 37.1 Å². The Balaban J connectivity index is 2.14. The summed E-state index contributed by atoms with van der Waals surface area (Å²) in [5.41, 5.74) is 3.58. The lowest BCUT2D eigenvalue weighted by Crippen LogP contribution is -2.06. The molecule has 0 bridgehead atoms. The molecule has 0 heterocycles. The minimum Gasteiger partial charge on any atom is -0.486 e. The van der Waals surface area contributed by atoms with Crippen LogP contribution < -0.4 is 4.74 Å². The quantitative estimate of drug-likeness (QED) is 0.815. The molecule has 0 fully saturated rings. The summed E-state index contributed by atoms with van der Waals surface area (Å²) in [4.78, 5) is 10.8. The fourth-order valence-electron chi connectivity index (χ4n) is 1.75. The lowest BCUT2D eigenvalue weighted by Gasteiger charge is -2.06. The van der Waals surface area contributed by atoms with Crippen LogP contribution in [0.2, 0.25) is 0 Å². The van der Waals surface area contributed by atoms with Crippen LogP contribution in [0.15, 0.2) is 48.5 Å². The van der Waals surface area contributed by atoms with Crippen LogP contribution in [0.25, 0.3) is 11.1 Å². The molecular weight excluding hydrogens is 224 g/mol. The van der Waals surface area contributed by atoms with Gasteiger partial charge in [-0.25, -0.2) is 0 Å². The van der Waals surface area contributed by atoms with Crippen molar-refractivity contribution >= 4 is 5.78 Å². The highest BCUT2D eigenvalue weighted by Crippen LogP contribution is 2.23. The molecule has 2 rings (SSSR count). The molecule has 0 aliphatic heterocycles. The highest BCUT2D eigenvalue weighted by molar-refractivity contribution is 5.77. The second-order valence-corrected chi connectivity index (χ2v) is 4.38. The summed E-state index contributed by atoms with van der Waals surface area (Å²) >= 11 is 0. The van der Waals surface area contributed by atoms with Crippen molar-refractivity contribution in [3.8, 4) is 16.9 Å². The lowest BCUT2D eigenvalue weighted by atomic mass is 10.0. The molecule has 2 nitrogen and oxygen atoms in total. The molecule has 0 unspecified atom stereocenters. The Hall–Kier alpha value is -2.09. The molecule has 0 aliphatic rings. The molecule has 0 amide bonds. The van der Waals surface area contributed by atoms with Crippen molar-refractivity contribution < 1.29 is 9.53 Å². The number of aryl methyl sites for hydroxylation is 1. The number of carbonyl (C=O) groups excluding carboxylic acids is 1. The maximum Gasteiger partial charge on any atom is 0.167 e. The molecule has 0 atom stereocenters. The molecule has 2 heteroatoms. The van der Waals surface area contributed by atoms with E-state index >= 15 is 0 Å². The van der Waals surface area contributed by atoms with E-state index in [1.807, 2.05) is 30.3 Å². The second-order valence-electron chi connectivity index (χ2n) is 4.38. The Bertz CT molecular complexity index is 541. The van der Waals surface area contributed by atoms with Crippen molar-refractivity contribution in [2.45, 2.75) is 13.8 Å². The maximum absolute atomic E-state index is 10.8. The molecule has 0 radical (unpaired) electrons. The summed E-state index contributed by atoms with van der Waals surface area (Å²) in [6, 6.07) is 16.1. The van der Waals surface area contributed by atoms with Gasteiger partial charge in [0, 0.05) is 0 Å². The molecule has 0 aliphatic carbocycles. The van der Waals surface area contributed by atoms with E-state index in [1.54, 1.807) is 0 Å². The van der Waals surface area contributed by atoms with E-state index in [4.69, 9.17) is 4.74 Å². The summed E-state index contributed by atoms with van der Waals surface area (Å²) in [7, 11) is 0. The Morgan fingerprint density at radius 1 is 1.06 bits per heavy atom. The minimum absolute atomic E-state index is 0.0257. The number of rotatable bonds is 4. The van der Waals surface area contributed by atoms with Crippen LogP contribution in [-0.4, -0.2) is 12.4 Å². The first-order valence-electron chi connectivity index (χ1n) is 5.94. The van der Waals surface area contributed by atoms with Crippen LogP contribution >= 0.6 is 0 Å². The van der Waals surface area contributed by atoms with Gasteiger partial charge in [0.15, 0.2) is 5.78 Å². The molecular formula is C16H16O2. The predicted octanol–water partition coefficient (Wildman–Crippen LogP) is 3.63. The molecule has 18 heavy (non-hydrogen) atoms. The number of carbonyl (C=O) groups is 1. The first kappa shape index (κ1) is 12.4. The van der Waals surface area contributed by atoms with E-state index in [1.165, 1.54) is 18.1 Å². The predicted molar refractivity (Wildman–Crippen MR) is 72.8 cm³/mol. The van der Waals surface area contributed by atoms with Crippen molar-refractivity contribution in [3.05, 3.63) is 54.1 Å². The van der Waals surface area contributed by atoms with Crippen LogP contribution in [-0.2, 0) is 4.79 Å². The highest BCUT2D eigenvalue weighted by Gasteiger charge is 2.00. The summed E-state index contributed by atoms with van der Waals surface area (Å²) in [5, 5.41) is 0. The molecule has 0 saturated carbocycles. The van der Waals surface area contributed by atoms with E-state index in [0.29, 0.717) is 0 Å². The molecule has 0 saturated heterocycles. The van der Waals surface area contributed by atoms with Crippen molar-refractivity contribution in [2.24, 2.45) is 0 Å². The van der Waals surface area contributed by atoms with Gasteiger partial charge in [-0.2, -0.15) is 0 Å². The third-order valence-corrected chi connectivity index (χ3v) is 2.65. The second kappa shape index (κ2) is 5.50. The Morgan fingerprint density at radius 2 is 1.78 bits per heavy atom. The average molecular weight is 240 g/mol. The van der Waals surface area contributed by atoms with Crippen molar-refractivity contribution in [2.75, 3.05) is 6.61 Å². The molecule has 0 N–H and O–H groups in total. The Morgan fingerprint density at radius 3 is 2.39 bits per heavy atom. The van der Waals surface area contributed by atoms with E-state index in [9.17, 15) is 4.79 Å². The third-order valence-electron chi connectivity index (χ3n) is 2.65. The van der Waals surface area contributed by atoms with E-state index in [-0.39, 0.29) is 12.4 Å². The van der Waals surface area contributed by atoms with E-state index in [2.05, 4.69) is 25.1 Å². The highest BCUT2D eigenvalue weighted by atomic mass is 16.5. The number of Topliss-reactive ketones (excluding diaryl/α,β-unsaturated/α-hetero) is 1. The van der Waals surface area contributed by atoms with Crippen LogP contribution in [0, 0.1) is 6.92 Å². The normalized spacial score (nSPS) is 10.1. The molecule has 2 aromatic carbocycles. The number of hydrogen-bond acceptors (Lipinski definition) is 2. The first-order valence-corrected chi connectivity index (χ1v) is 5.94. The third kappa shape index (κ3) is 3.20. The number of ether oxygens (including phenoxy) is 1. The Kier molecular flexibility index (Phi) is 3.78. The van der Waals surface area contributed by atoms with Gasteiger partial charge in [0.25, 0.3) is 0 Å². The van der Waals surface area contributed by atoms with Gasteiger partial charge in [-0.1, -0.05) is 42.0 Å². The maximum atomic E-state index is 10.8. The van der Waals surface area contributed by atoms with Gasteiger partial charge in [-0.15, -0.1) is 0 Å². The van der Waals surface area contributed by atoms with Gasteiger partial charge < -0.3 is 4.74 Å². The fourth-order valence-corrected chi connectivity index (χ4v) is 1.75. The molecule has 0 spiro atoms. The topological polar surface area (TPSA) is 26.3 Å².